The van der Waals surface area contributed by atoms with Crippen molar-refractivity contribution in [2.45, 2.75) is 6.92 Å². The molecule has 0 radical (unpaired) electrons. The number of carbonyl (C=O) groups is 3. The average molecular weight is 294 g/mol. The Balaban J connectivity index is 2.70. The van der Waals surface area contributed by atoms with Crippen molar-refractivity contribution >= 4 is 23.5 Å². The van der Waals surface area contributed by atoms with Crippen LogP contribution < -0.4 is 5.32 Å². The van der Waals surface area contributed by atoms with Gasteiger partial charge >= 0.3 is 17.8 Å². The Kier molecular flexibility index (Phi) is 6.35. The number of benzene rings is 1. The second kappa shape index (κ2) is 8.01. The number of ether oxygens (including phenoxy) is 1. The number of nitrogens with zero attached hydrogens (tertiary/aromatic N) is 1. The minimum Gasteiger partial charge on any atom is -0.465 e. The molecule has 114 valence electrons. The van der Waals surface area contributed by atoms with Crippen LogP contribution in [0.2, 0.25) is 0 Å². The Morgan fingerprint density at radius 2 is 1.86 bits per heavy atom. The zero-order chi connectivity index (χ0) is 15.8. The van der Waals surface area contributed by atoms with Gasteiger partial charge in [0.2, 0.25) is 0 Å². The van der Waals surface area contributed by atoms with Crippen molar-refractivity contribution in [2.75, 3.05) is 32.1 Å². The third kappa shape index (κ3) is 4.57. The van der Waals surface area contributed by atoms with Gasteiger partial charge in [0.25, 0.3) is 0 Å². The van der Waals surface area contributed by atoms with Crippen LogP contribution in [-0.4, -0.2) is 54.6 Å². The molecular formula is C14H18N2O5. The lowest BCUT2D eigenvalue weighted by Gasteiger charge is -2.18. The molecular weight excluding hydrogens is 276 g/mol. The highest BCUT2D eigenvalue weighted by Crippen LogP contribution is 2.10. The molecule has 0 fully saturated rings. The number of aliphatic hydroxyl groups is 1. The molecule has 0 unspecified atom stereocenters. The maximum atomic E-state index is 11.8. The smallest absolute Gasteiger partial charge is 0.337 e. The predicted octanol–water partition coefficient (Wildman–Crippen LogP) is 0.252. The first-order valence-corrected chi connectivity index (χ1v) is 6.43. The molecule has 1 rings (SSSR count). The Labute approximate surface area is 122 Å². The summed E-state index contributed by atoms with van der Waals surface area (Å²) in [5.41, 5.74) is 0.735. The van der Waals surface area contributed by atoms with E-state index in [4.69, 9.17) is 5.11 Å². The molecule has 1 aromatic carbocycles. The van der Waals surface area contributed by atoms with Crippen LogP contribution in [0.5, 0.6) is 0 Å². The number of carbonyl (C=O) groups excluding carboxylic acids is 3. The van der Waals surface area contributed by atoms with E-state index >= 15 is 0 Å². The highest BCUT2D eigenvalue weighted by atomic mass is 16.5. The van der Waals surface area contributed by atoms with Gasteiger partial charge in [0.1, 0.15) is 0 Å². The van der Waals surface area contributed by atoms with E-state index in [1.165, 1.54) is 36.3 Å². The first-order valence-electron chi connectivity index (χ1n) is 6.43. The van der Waals surface area contributed by atoms with Crippen molar-refractivity contribution in [3.8, 4) is 0 Å². The molecule has 21 heavy (non-hydrogen) atoms. The number of likely N-dealkylation sites (N-methyl/N-ethyl adjacent to an activating group) is 1. The Morgan fingerprint density at radius 1 is 1.24 bits per heavy atom. The summed E-state index contributed by atoms with van der Waals surface area (Å²) in [5.74, 6) is -2.00. The molecule has 7 heteroatoms. The normalized spacial score (nSPS) is 9.86. The maximum Gasteiger partial charge on any atom is 0.337 e. The third-order valence-electron chi connectivity index (χ3n) is 2.80. The predicted molar refractivity (Wildman–Crippen MR) is 75.8 cm³/mol. The monoisotopic (exact) mass is 294 g/mol. The quantitative estimate of drug-likeness (QED) is 0.599. The molecule has 0 aliphatic heterocycles. The fourth-order valence-corrected chi connectivity index (χ4v) is 1.66. The Bertz CT molecular complexity index is 513. The molecule has 0 saturated carbocycles. The molecule has 0 aliphatic rings. The number of esters is 1. The van der Waals surface area contributed by atoms with Crippen LogP contribution in [-0.2, 0) is 14.3 Å². The van der Waals surface area contributed by atoms with Crippen molar-refractivity contribution < 1.29 is 24.2 Å². The van der Waals surface area contributed by atoms with Crippen molar-refractivity contribution in [3.05, 3.63) is 29.8 Å². The first kappa shape index (κ1) is 16.6. The molecule has 7 nitrogen and oxygen atoms in total. The Hall–Kier alpha value is -2.41. The summed E-state index contributed by atoms with van der Waals surface area (Å²) in [6.45, 7) is 1.94. The van der Waals surface area contributed by atoms with Gasteiger partial charge in [0.05, 0.1) is 19.3 Å². The summed E-state index contributed by atoms with van der Waals surface area (Å²) >= 11 is 0. The van der Waals surface area contributed by atoms with Gasteiger partial charge in [0, 0.05) is 18.8 Å². The van der Waals surface area contributed by atoms with E-state index in [-0.39, 0.29) is 13.2 Å². The van der Waals surface area contributed by atoms with Crippen LogP contribution in [0.3, 0.4) is 0 Å². The zero-order valence-corrected chi connectivity index (χ0v) is 12.0. The fourth-order valence-electron chi connectivity index (χ4n) is 1.66. The molecule has 0 saturated heterocycles. The molecule has 0 atom stereocenters. The van der Waals surface area contributed by atoms with Gasteiger partial charge in [-0.2, -0.15) is 0 Å². The summed E-state index contributed by atoms with van der Waals surface area (Å²) in [4.78, 5) is 36.1. The summed E-state index contributed by atoms with van der Waals surface area (Å²) in [6, 6.07) is 5.97. The minimum absolute atomic E-state index is 0.101. The summed E-state index contributed by atoms with van der Waals surface area (Å²) in [5, 5.41) is 11.3. The first-order chi connectivity index (χ1) is 10.0. The van der Waals surface area contributed by atoms with Crippen molar-refractivity contribution in [2.24, 2.45) is 0 Å². The summed E-state index contributed by atoms with van der Waals surface area (Å²) in [7, 11) is 1.27. The lowest BCUT2D eigenvalue weighted by atomic mass is 10.2. The number of nitrogens with one attached hydrogen (secondary N) is 1. The van der Waals surface area contributed by atoms with Crippen molar-refractivity contribution in [1.82, 2.24) is 4.90 Å². The van der Waals surface area contributed by atoms with Crippen LogP contribution >= 0.6 is 0 Å². The molecule has 0 spiro atoms. The summed E-state index contributed by atoms with van der Waals surface area (Å²) < 4.78 is 4.56. The van der Waals surface area contributed by atoms with E-state index in [1.807, 2.05) is 0 Å². The molecule has 0 aromatic heterocycles. The van der Waals surface area contributed by atoms with E-state index in [1.54, 1.807) is 6.92 Å². The number of hydrogen-bond acceptors (Lipinski definition) is 5. The van der Waals surface area contributed by atoms with Crippen LogP contribution in [0.4, 0.5) is 5.69 Å². The standard InChI is InChI=1S/C14H18N2O5/c1-3-16(8-9-17)13(19)12(18)15-11-6-4-10(5-7-11)14(20)21-2/h4-7,17H,3,8-9H2,1-2H3,(H,15,18). The van der Waals surface area contributed by atoms with E-state index in [0.717, 1.165) is 0 Å². The van der Waals surface area contributed by atoms with Gasteiger partial charge < -0.3 is 20.1 Å². The van der Waals surface area contributed by atoms with Gasteiger partial charge in [-0.1, -0.05) is 0 Å². The molecule has 0 aliphatic carbocycles. The number of methoxy groups -OCH3 is 1. The second-order valence-electron chi connectivity index (χ2n) is 4.13. The van der Waals surface area contributed by atoms with Crippen molar-refractivity contribution in [3.63, 3.8) is 0 Å². The summed E-state index contributed by atoms with van der Waals surface area (Å²) in [6.07, 6.45) is 0. The topological polar surface area (TPSA) is 95.9 Å². The lowest BCUT2D eigenvalue weighted by molar-refractivity contribution is -0.143. The largest absolute Gasteiger partial charge is 0.465 e. The van der Waals surface area contributed by atoms with Crippen LogP contribution in [0.1, 0.15) is 17.3 Å². The number of aliphatic hydroxyl groups excluding tert-OH is 1. The average Bonchev–Trinajstić information content (AvgIpc) is 2.51. The SMILES string of the molecule is CCN(CCO)C(=O)C(=O)Nc1ccc(C(=O)OC)cc1. The van der Waals surface area contributed by atoms with Crippen LogP contribution in [0.25, 0.3) is 0 Å². The molecule has 0 heterocycles. The fraction of sp³-hybridized carbons (Fsp3) is 0.357. The van der Waals surface area contributed by atoms with Gasteiger partial charge in [0.15, 0.2) is 0 Å². The molecule has 1 aromatic rings. The van der Waals surface area contributed by atoms with Gasteiger partial charge in [-0.25, -0.2) is 4.79 Å². The number of amides is 2. The van der Waals surface area contributed by atoms with Crippen LogP contribution in [0, 0.1) is 0 Å². The Morgan fingerprint density at radius 3 is 2.33 bits per heavy atom. The van der Waals surface area contributed by atoms with Gasteiger partial charge in [-0.3, -0.25) is 9.59 Å². The highest BCUT2D eigenvalue weighted by Gasteiger charge is 2.20. The van der Waals surface area contributed by atoms with E-state index in [0.29, 0.717) is 17.8 Å². The number of anilines is 1. The zero-order valence-electron chi connectivity index (χ0n) is 12.0. The van der Waals surface area contributed by atoms with Crippen molar-refractivity contribution in [1.29, 1.82) is 0 Å². The maximum absolute atomic E-state index is 11.8. The second-order valence-corrected chi connectivity index (χ2v) is 4.13. The molecule has 2 N–H and O–H groups in total. The minimum atomic E-state index is -0.795. The van der Waals surface area contributed by atoms with Gasteiger partial charge in [-0.05, 0) is 31.2 Å². The van der Waals surface area contributed by atoms with E-state index in [2.05, 4.69) is 10.1 Å². The molecule has 2 amide bonds. The number of hydrogen-bond donors (Lipinski definition) is 2. The highest BCUT2D eigenvalue weighted by molar-refractivity contribution is 6.39. The lowest BCUT2D eigenvalue weighted by Crippen LogP contribution is -2.41. The van der Waals surface area contributed by atoms with Gasteiger partial charge in [-0.15, -0.1) is 0 Å². The molecule has 0 bridgehead atoms. The van der Waals surface area contributed by atoms with E-state index in [9.17, 15) is 14.4 Å². The van der Waals surface area contributed by atoms with E-state index < -0.39 is 17.8 Å². The number of rotatable bonds is 5. The van der Waals surface area contributed by atoms with Crippen LogP contribution in [0.15, 0.2) is 24.3 Å². The third-order valence-corrected chi connectivity index (χ3v) is 2.80.